The maximum atomic E-state index is 13.4. The molecule has 0 saturated carbocycles. The van der Waals surface area contributed by atoms with Crippen LogP contribution in [0.5, 0.6) is 11.5 Å². The monoisotopic (exact) mass is 557 g/mol. The van der Waals surface area contributed by atoms with Crippen molar-refractivity contribution in [1.29, 1.82) is 0 Å². The predicted molar refractivity (Wildman–Crippen MR) is 156 cm³/mol. The molecule has 0 atom stereocenters. The minimum Gasteiger partial charge on any atom is -0.454 e. The van der Waals surface area contributed by atoms with E-state index < -0.39 is 0 Å². The van der Waals surface area contributed by atoms with E-state index in [1.807, 2.05) is 50.2 Å². The van der Waals surface area contributed by atoms with Crippen molar-refractivity contribution in [3.05, 3.63) is 88.5 Å². The number of ether oxygens (including phenoxy) is 2. The Morgan fingerprint density at radius 2 is 1.55 bits per heavy atom. The topological polar surface area (TPSA) is 97.0 Å². The minimum atomic E-state index is -0.332. The molecule has 0 aromatic heterocycles. The lowest BCUT2D eigenvalue weighted by Crippen LogP contribution is -2.35. The van der Waals surface area contributed by atoms with Gasteiger partial charge in [-0.25, -0.2) is 0 Å². The molecule has 8 nitrogen and oxygen atoms in total. The normalized spacial score (nSPS) is 14.5. The zero-order valence-electron chi connectivity index (χ0n) is 22.8. The van der Waals surface area contributed by atoms with Crippen LogP contribution in [0.1, 0.15) is 49.5 Å². The lowest BCUT2D eigenvalue weighted by Gasteiger charge is -2.17. The molecular formula is C31H31N3O5S. The molecule has 2 aliphatic rings. The van der Waals surface area contributed by atoms with Gasteiger partial charge in [-0.3, -0.25) is 19.3 Å². The summed E-state index contributed by atoms with van der Waals surface area (Å²) in [6, 6.07) is 20.1. The van der Waals surface area contributed by atoms with E-state index in [9.17, 15) is 14.4 Å². The summed E-state index contributed by atoms with van der Waals surface area (Å²) in [5, 5.41) is 6.08. The Morgan fingerprint density at radius 3 is 2.23 bits per heavy atom. The van der Waals surface area contributed by atoms with Crippen LogP contribution in [0.4, 0.5) is 11.4 Å². The van der Waals surface area contributed by atoms with Crippen molar-refractivity contribution < 1.29 is 23.9 Å². The number of anilines is 2. The number of nitrogens with one attached hydrogen (secondary N) is 2. The number of benzene rings is 3. The van der Waals surface area contributed by atoms with E-state index in [0.717, 1.165) is 10.6 Å². The molecule has 3 amide bonds. The molecule has 0 spiro atoms. The number of rotatable bonds is 9. The largest absolute Gasteiger partial charge is 0.454 e. The minimum absolute atomic E-state index is 0.136. The molecule has 9 heteroatoms. The molecule has 5 rings (SSSR count). The fourth-order valence-electron chi connectivity index (χ4n) is 4.35. The molecule has 0 aliphatic carbocycles. The van der Waals surface area contributed by atoms with E-state index in [4.69, 9.17) is 9.47 Å². The van der Waals surface area contributed by atoms with E-state index in [1.54, 1.807) is 30.3 Å². The molecule has 40 heavy (non-hydrogen) atoms. The molecule has 2 N–H and O–H groups in total. The molecule has 0 radical (unpaired) electrons. The Balaban J connectivity index is 1.33. The second-order valence-corrected chi connectivity index (χ2v) is 11.5. The Kier molecular flexibility index (Phi) is 7.84. The summed E-state index contributed by atoms with van der Waals surface area (Å²) in [5.74, 6) is 0.747. The number of imide groups is 1. The van der Waals surface area contributed by atoms with Crippen LogP contribution >= 0.6 is 11.8 Å². The number of thioether (sulfide) groups is 1. The molecule has 0 saturated heterocycles. The number of amides is 3. The van der Waals surface area contributed by atoms with Crippen molar-refractivity contribution in [3.8, 4) is 11.5 Å². The molecular weight excluding hydrogens is 526 g/mol. The quantitative estimate of drug-likeness (QED) is 0.301. The van der Waals surface area contributed by atoms with Gasteiger partial charge in [0.05, 0.1) is 0 Å². The zero-order valence-corrected chi connectivity index (χ0v) is 23.6. The van der Waals surface area contributed by atoms with Crippen molar-refractivity contribution in [2.75, 3.05) is 24.0 Å². The molecule has 2 heterocycles. The van der Waals surface area contributed by atoms with Gasteiger partial charge in [0, 0.05) is 28.4 Å². The van der Waals surface area contributed by atoms with Crippen LogP contribution in [0.25, 0.3) is 0 Å². The number of carbonyl (C=O) groups is 3. The van der Waals surface area contributed by atoms with Gasteiger partial charge in [-0.1, -0.05) is 51.6 Å². The van der Waals surface area contributed by atoms with Gasteiger partial charge < -0.3 is 20.1 Å². The van der Waals surface area contributed by atoms with Gasteiger partial charge in [0.15, 0.2) is 11.5 Å². The lowest BCUT2D eigenvalue weighted by atomic mass is 10.0. The summed E-state index contributed by atoms with van der Waals surface area (Å²) in [4.78, 5) is 41.8. The summed E-state index contributed by atoms with van der Waals surface area (Å²) in [6.45, 7) is 8.67. The molecule has 0 unspecified atom stereocenters. The Hall–Kier alpha value is -4.24. The SMILES string of the molecule is CC(C)CN1C(=O)C(Nc2ccc(C(C)C)cc2)=C(Sc2ccc(NC(=O)c3ccc4c(c3)OCO4)cc2)C1=O. The number of carbonyl (C=O) groups excluding carboxylic acids is 3. The van der Waals surface area contributed by atoms with Crippen LogP contribution in [0.2, 0.25) is 0 Å². The smallest absolute Gasteiger partial charge is 0.278 e. The number of hydrogen-bond donors (Lipinski definition) is 2. The first-order chi connectivity index (χ1) is 19.2. The maximum absolute atomic E-state index is 13.4. The maximum Gasteiger partial charge on any atom is 0.278 e. The second kappa shape index (κ2) is 11.5. The average molecular weight is 558 g/mol. The van der Waals surface area contributed by atoms with E-state index in [0.29, 0.717) is 40.1 Å². The van der Waals surface area contributed by atoms with Crippen molar-refractivity contribution in [2.24, 2.45) is 5.92 Å². The molecule has 2 aliphatic heterocycles. The fourth-order valence-corrected chi connectivity index (χ4v) is 5.30. The van der Waals surface area contributed by atoms with Crippen LogP contribution in [0, 0.1) is 5.92 Å². The predicted octanol–water partition coefficient (Wildman–Crippen LogP) is 6.23. The van der Waals surface area contributed by atoms with Crippen molar-refractivity contribution in [2.45, 2.75) is 38.5 Å². The summed E-state index contributed by atoms with van der Waals surface area (Å²) in [7, 11) is 0. The van der Waals surface area contributed by atoms with E-state index in [1.165, 1.54) is 22.2 Å². The van der Waals surface area contributed by atoms with Gasteiger partial charge in [-0.2, -0.15) is 0 Å². The number of fused-ring (bicyclic) bond motifs is 1. The third-order valence-corrected chi connectivity index (χ3v) is 7.58. The van der Waals surface area contributed by atoms with Gasteiger partial charge >= 0.3 is 0 Å². The standard InChI is InChI=1S/C31H31N3O5S/c1-18(2)16-34-30(36)27(32-22-8-5-20(6-9-22)19(3)4)28(31(34)37)40-24-12-10-23(11-13-24)33-29(35)21-7-14-25-26(15-21)39-17-38-25/h5-15,18-19,32H,16-17H2,1-4H3,(H,33,35). The average Bonchev–Trinajstić information content (AvgIpc) is 3.49. The van der Waals surface area contributed by atoms with E-state index >= 15 is 0 Å². The molecule has 0 fully saturated rings. The summed E-state index contributed by atoms with van der Waals surface area (Å²) < 4.78 is 10.7. The van der Waals surface area contributed by atoms with Crippen molar-refractivity contribution >= 4 is 40.9 Å². The third-order valence-electron chi connectivity index (χ3n) is 6.49. The van der Waals surface area contributed by atoms with Gasteiger partial charge in [-0.05, 0) is 72.0 Å². The highest BCUT2D eigenvalue weighted by Gasteiger charge is 2.39. The van der Waals surface area contributed by atoms with Crippen LogP contribution in [0.3, 0.4) is 0 Å². The van der Waals surface area contributed by atoms with E-state index in [2.05, 4.69) is 24.5 Å². The third kappa shape index (κ3) is 5.84. The molecule has 0 bridgehead atoms. The number of hydrogen-bond acceptors (Lipinski definition) is 7. The van der Waals surface area contributed by atoms with Crippen LogP contribution in [-0.2, 0) is 9.59 Å². The Labute approximate surface area is 237 Å². The van der Waals surface area contributed by atoms with Crippen LogP contribution in [-0.4, -0.2) is 36.0 Å². The second-order valence-electron chi connectivity index (χ2n) is 10.4. The van der Waals surface area contributed by atoms with Gasteiger partial charge in [0.25, 0.3) is 17.7 Å². The van der Waals surface area contributed by atoms with Crippen LogP contribution in [0.15, 0.2) is 82.2 Å². The van der Waals surface area contributed by atoms with Gasteiger partial charge in [0.2, 0.25) is 6.79 Å². The highest BCUT2D eigenvalue weighted by Crippen LogP contribution is 2.37. The van der Waals surface area contributed by atoms with Gasteiger partial charge in [0.1, 0.15) is 10.6 Å². The van der Waals surface area contributed by atoms with Crippen molar-refractivity contribution in [1.82, 2.24) is 4.90 Å². The first kappa shape index (κ1) is 27.3. The highest BCUT2D eigenvalue weighted by atomic mass is 32.2. The number of nitrogens with zero attached hydrogens (tertiary/aromatic N) is 1. The Bertz CT molecular complexity index is 1480. The van der Waals surface area contributed by atoms with Crippen molar-refractivity contribution in [3.63, 3.8) is 0 Å². The summed E-state index contributed by atoms with van der Waals surface area (Å²) >= 11 is 1.23. The highest BCUT2D eigenvalue weighted by molar-refractivity contribution is 8.04. The molecule has 3 aromatic rings. The molecule has 3 aromatic carbocycles. The molecule has 206 valence electrons. The first-order valence-electron chi connectivity index (χ1n) is 13.2. The fraction of sp³-hybridized carbons (Fsp3) is 0.258. The first-order valence-corrected chi connectivity index (χ1v) is 14.0. The lowest BCUT2D eigenvalue weighted by molar-refractivity contribution is -0.137. The Morgan fingerprint density at radius 1 is 0.875 bits per heavy atom. The van der Waals surface area contributed by atoms with Gasteiger partial charge in [-0.15, -0.1) is 0 Å². The van der Waals surface area contributed by atoms with E-state index in [-0.39, 0.29) is 36.1 Å². The summed E-state index contributed by atoms with van der Waals surface area (Å²) in [6.07, 6.45) is 0. The zero-order chi connectivity index (χ0) is 28.4. The summed E-state index contributed by atoms with van der Waals surface area (Å²) in [5.41, 5.74) is 3.25. The van der Waals surface area contributed by atoms with Crippen LogP contribution < -0.4 is 20.1 Å².